The summed E-state index contributed by atoms with van der Waals surface area (Å²) in [7, 11) is 1.60. The van der Waals surface area contributed by atoms with E-state index in [1.165, 1.54) is 6.08 Å². The van der Waals surface area contributed by atoms with Crippen molar-refractivity contribution < 1.29 is 28.5 Å². The molecule has 0 radical (unpaired) electrons. The fraction of sp³-hybridized carbons (Fsp3) is 0.143. The molecule has 0 unspecified atom stereocenters. The zero-order valence-electron chi connectivity index (χ0n) is 19.2. The second-order valence-electron chi connectivity index (χ2n) is 7.34. The molecule has 0 aliphatic heterocycles. The normalized spacial score (nSPS) is 10.5. The molecule has 0 aliphatic carbocycles. The Morgan fingerprint density at radius 1 is 0.794 bits per heavy atom. The molecule has 0 aliphatic rings. The van der Waals surface area contributed by atoms with Gasteiger partial charge in [-0.05, 0) is 66.1 Å². The van der Waals surface area contributed by atoms with Crippen LogP contribution in [0.5, 0.6) is 17.2 Å². The summed E-state index contributed by atoms with van der Waals surface area (Å²) in [4.78, 5) is 23.4. The molecule has 0 bridgehead atoms. The molecule has 0 saturated carbocycles. The molecule has 6 heteroatoms. The fourth-order valence-corrected chi connectivity index (χ4v) is 2.91. The van der Waals surface area contributed by atoms with Crippen LogP contribution in [-0.2, 0) is 14.3 Å². The molecule has 0 fully saturated rings. The maximum absolute atomic E-state index is 12.1. The second kappa shape index (κ2) is 12.1. The molecule has 3 aromatic rings. The van der Waals surface area contributed by atoms with Crippen molar-refractivity contribution in [1.82, 2.24) is 0 Å². The summed E-state index contributed by atoms with van der Waals surface area (Å²) in [5, 5.41) is 0. The van der Waals surface area contributed by atoms with Crippen molar-refractivity contribution in [2.45, 2.75) is 6.92 Å². The van der Waals surface area contributed by atoms with Crippen molar-refractivity contribution >= 4 is 18.0 Å². The molecule has 0 spiro atoms. The Hall–Kier alpha value is -4.32. The monoisotopic (exact) mass is 458 g/mol. The van der Waals surface area contributed by atoms with Gasteiger partial charge in [-0.25, -0.2) is 9.59 Å². The van der Waals surface area contributed by atoms with Gasteiger partial charge in [-0.2, -0.15) is 0 Å². The summed E-state index contributed by atoms with van der Waals surface area (Å²) < 4.78 is 21.1. The molecule has 0 amide bonds. The van der Waals surface area contributed by atoms with Crippen LogP contribution in [0.3, 0.4) is 0 Å². The minimum absolute atomic E-state index is 0.156. The number of carbonyl (C=O) groups is 2. The lowest BCUT2D eigenvalue weighted by molar-refractivity contribution is -0.139. The highest BCUT2D eigenvalue weighted by molar-refractivity contribution is 5.89. The van der Waals surface area contributed by atoms with Gasteiger partial charge in [0.2, 0.25) is 0 Å². The zero-order valence-corrected chi connectivity index (χ0v) is 19.2. The number of ether oxygens (including phenoxy) is 4. The summed E-state index contributed by atoms with van der Waals surface area (Å²) in [5.41, 5.74) is 3.18. The number of esters is 2. The van der Waals surface area contributed by atoms with Crippen molar-refractivity contribution in [2.75, 3.05) is 20.3 Å². The smallest absolute Gasteiger partial charge is 0.336 e. The van der Waals surface area contributed by atoms with Crippen LogP contribution in [-0.4, -0.2) is 32.3 Å². The molecule has 3 rings (SSSR count). The van der Waals surface area contributed by atoms with Crippen LogP contribution in [0.25, 0.3) is 17.2 Å². The predicted octanol–water partition coefficient (Wildman–Crippen LogP) is 5.48. The van der Waals surface area contributed by atoms with Gasteiger partial charge >= 0.3 is 11.9 Å². The van der Waals surface area contributed by atoms with Gasteiger partial charge in [-0.1, -0.05) is 43.0 Å². The Kier molecular flexibility index (Phi) is 8.63. The van der Waals surface area contributed by atoms with Crippen molar-refractivity contribution in [1.29, 1.82) is 0 Å². The molecule has 0 heterocycles. The average molecular weight is 459 g/mol. The molecule has 0 aromatic heterocycles. The number of rotatable bonds is 10. The highest BCUT2D eigenvalue weighted by Crippen LogP contribution is 2.25. The first kappa shape index (κ1) is 24.3. The molecule has 174 valence electrons. The van der Waals surface area contributed by atoms with E-state index in [0.717, 1.165) is 22.4 Å². The van der Waals surface area contributed by atoms with Crippen molar-refractivity contribution in [3.8, 4) is 28.4 Å². The molecule has 34 heavy (non-hydrogen) atoms. The highest BCUT2D eigenvalue weighted by atomic mass is 16.6. The quantitative estimate of drug-likeness (QED) is 0.173. The van der Waals surface area contributed by atoms with E-state index in [1.807, 2.05) is 60.7 Å². The third-order valence-electron chi connectivity index (χ3n) is 4.72. The lowest BCUT2D eigenvalue weighted by atomic mass is 10.1. The third kappa shape index (κ3) is 7.38. The van der Waals surface area contributed by atoms with Gasteiger partial charge in [-0.3, -0.25) is 0 Å². The Labute approximate surface area is 199 Å². The fourth-order valence-electron chi connectivity index (χ4n) is 2.91. The molecule has 0 N–H and O–H groups in total. The predicted molar refractivity (Wildman–Crippen MR) is 131 cm³/mol. The minimum atomic E-state index is -0.459. The van der Waals surface area contributed by atoms with Gasteiger partial charge in [0.25, 0.3) is 0 Å². The van der Waals surface area contributed by atoms with E-state index in [2.05, 4.69) is 6.58 Å². The summed E-state index contributed by atoms with van der Waals surface area (Å²) in [6.07, 6.45) is 3.07. The van der Waals surface area contributed by atoms with E-state index in [9.17, 15) is 9.59 Å². The molecule has 0 saturated heterocycles. The Balaban J connectivity index is 1.49. The van der Waals surface area contributed by atoms with Gasteiger partial charge in [0.1, 0.15) is 30.5 Å². The number of carbonyl (C=O) groups excluding carboxylic acids is 2. The average Bonchev–Trinajstić information content (AvgIpc) is 2.86. The van der Waals surface area contributed by atoms with Gasteiger partial charge in [0.05, 0.1) is 7.11 Å². The van der Waals surface area contributed by atoms with Crippen molar-refractivity contribution in [2.24, 2.45) is 0 Å². The second-order valence-corrected chi connectivity index (χ2v) is 7.34. The Morgan fingerprint density at radius 3 is 1.91 bits per heavy atom. The molecule has 6 nitrogen and oxygen atoms in total. The minimum Gasteiger partial charge on any atom is -0.497 e. The van der Waals surface area contributed by atoms with Crippen LogP contribution < -0.4 is 14.2 Å². The largest absolute Gasteiger partial charge is 0.497 e. The SMILES string of the molecule is C=C(C)C(=O)OCCOc1ccc(-c2ccc(OC(=O)/C=C/c3ccc(OC)cc3)cc2)cc1. The first-order chi connectivity index (χ1) is 16.4. The standard InChI is InChI=1S/C28H26O6/c1-20(2)28(30)33-19-18-32-25-13-7-22(8-14-25)23-9-15-26(16-10-23)34-27(29)17-6-21-4-11-24(31-3)12-5-21/h4-17H,1,18-19H2,2-3H3/b17-6+. The van der Waals surface area contributed by atoms with Crippen LogP contribution in [0.4, 0.5) is 0 Å². The number of benzene rings is 3. The van der Waals surface area contributed by atoms with Gasteiger partial charge in [0, 0.05) is 11.6 Å². The third-order valence-corrected chi connectivity index (χ3v) is 4.72. The number of methoxy groups -OCH3 is 1. The summed E-state index contributed by atoms with van der Waals surface area (Å²) >= 11 is 0. The summed E-state index contributed by atoms with van der Waals surface area (Å²) in [5.74, 6) is 0.991. The van der Waals surface area contributed by atoms with Gasteiger partial charge in [0.15, 0.2) is 0 Å². The van der Waals surface area contributed by atoms with Crippen LogP contribution >= 0.6 is 0 Å². The van der Waals surface area contributed by atoms with E-state index in [4.69, 9.17) is 18.9 Å². The molecule has 0 atom stereocenters. The molecular weight excluding hydrogens is 432 g/mol. The van der Waals surface area contributed by atoms with Crippen LogP contribution in [0.2, 0.25) is 0 Å². The van der Waals surface area contributed by atoms with Crippen LogP contribution in [0, 0.1) is 0 Å². The van der Waals surface area contributed by atoms with E-state index >= 15 is 0 Å². The van der Waals surface area contributed by atoms with E-state index in [1.54, 1.807) is 32.2 Å². The number of hydrogen-bond donors (Lipinski definition) is 0. The zero-order chi connectivity index (χ0) is 24.3. The van der Waals surface area contributed by atoms with E-state index < -0.39 is 11.9 Å². The van der Waals surface area contributed by atoms with Crippen LogP contribution in [0.1, 0.15) is 12.5 Å². The van der Waals surface area contributed by atoms with Gasteiger partial charge in [-0.15, -0.1) is 0 Å². The highest BCUT2D eigenvalue weighted by Gasteiger charge is 2.05. The Bertz CT molecular complexity index is 1140. The molecule has 3 aromatic carbocycles. The van der Waals surface area contributed by atoms with Crippen molar-refractivity contribution in [3.63, 3.8) is 0 Å². The maximum Gasteiger partial charge on any atom is 0.336 e. The van der Waals surface area contributed by atoms with E-state index in [-0.39, 0.29) is 13.2 Å². The first-order valence-electron chi connectivity index (χ1n) is 10.6. The maximum atomic E-state index is 12.1. The summed E-state index contributed by atoms with van der Waals surface area (Å²) in [6, 6.07) is 22.1. The van der Waals surface area contributed by atoms with Crippen molar-refractivity contribution in [3.05, 3.63) is 96.6 Å². The molecular formula is C28H26O6. The number of hydrogen-bond acceptors (Lipinski definition) is 6. The van der Waals surface area contributed by atoms with Gasteiger partial charge < -0.3 is 18.9 Å². The Morgan fingerprint density at radius 2 is 1.35 bits per heavy atom. The van der Waals surface area contributed by atoms with Crippen LogP contribution in [0.15, 0.2) is 91.0 Å². The lowest BCUT2D eigenvalue weighted by Gasteiger charge is -2.09. The lowest BCUT2D eigenvalue weighted by Crippen LogP contribution is -2.12. The van der Waals surface area contributed by atoms with E-state index in [0.29, 0.717) is 17.1 Å². The topological polar surface area (TPSA) is 71.1 Å². The first-order valence-corrected chi connectivity index (χ1v) is 10.6. The summed E-state index contributed by atoms with van der Waals surface area (Å²) in [6.45, 7) is 5.54.